The van der Waals surface area contributed by atoms with Crippen molar-refractivity contribution in [3.63, 3.8) is 0 Å². The Bertz CT molecular complexity index is 690. The van der Waals surface area contributed by atoms with E-state index in [2.05, 4.69) is 15.6 Å². The molecule has 0 saturated heterocycles. The minimum Gasteiger partial charge on any atom is -0.355 e. The van der Waals surface area contributed by atoms with Crippen LogP contribution in [0.25, 0.3) is 0 Å². The summed E-state index contributed by atoms with van der Waals surface area (Å²) < 4.78 is 13.1. The summed E-state index contributed by atoms with van der Waals surface area (Å²) in [6.45, 7) is 0. The van der Waals surface area contributed by atoms with Crippen LogP contribution in [0.5, 0.6) is 0 Å². The number of pyridine rings is 1. The lowest BCUT2D eigenvalue weighted by Gasteiger charge is -2.19. The number of rotatable bonds is 2. The quantitative estimate of drug-likeness (QED) is 0.890. The normalized spacial score (nSPS) is 13.6. The minimum absolute atomic E-state index is 0.0352. The molecule has 6 heteroatoms. The molecule has 1 aliphatic heterocycles. The molecule has 0 aliphatic carbocycles. The van der Waals surface area contributed by atoms with Crippen LogP contribution in [0.1, 0.15) is 12.0 Å². The monoisotopic (exact) mass is 291 g/mol. The summed E-state index contributed by atoms with van der Waals surface area (Å²) >= 11 is 5.76. The van der Waals surface area contributed by atoms with E-state index in [9.17, 15) is 9.18 Å². The van der Waals surface area contributed by atoms with E-state index in [4.69, 9.17) is 11.6 Å². The fourth-order valence-electron chi connectivity index (χ4n) is 2.13. The minimum atomic E-state index is -0.457. The van der Waals surface area contributed by atoms with Gasteiger partial charge in [0.25, 0.3) is 0 Å². The van der Waals surface area contributed by atoms with Gasteiger partial charge in [0.05, 0.1) is 5.02 Å². The number of nitrogens with one attached hydrogen (secondary N) is 2. The van der Waals surface area contributed by atoms with Crippen molar-refractivity contribution in [2.75, 3.05) is 10.6 Å². The number of anilines is 3. The van der Waals surface area contributed by atoms with Crippen LogP contribution >= 0.6 is 11.6 Å². The van der Waals surface area contributed by atoms with Crippen LogP contribution < -0.4 is 10.6 Å². The molecule has 2 heterocycles. The highest BCUT2D eigenvalue weighted by molar-refractivity contribution is 6.31. The third-order valence-corrected chi connectivity index (χ3v) is 3.40. The van der Waals surface area contributed by atoms with Crippen molar-refractivity contribution < 1.29 is 9.18 Å². The number of fused-ring (bicyclic) bond motifs is 1. The average molecular weight is 292 g/mol. The molecule has 102 valence electrons. The lowest BCUT2D eigenvalue weighted by atomic mass is 10.0. The zero-order valence-electron chi connectivity index (χ0n) is 10.4. The van der Waals surface area contributed by atoms with Crippen LogP contribution in [-0.4, -0.2) is 10.9 Å². The van der Waals surface area contributed by atoms with Crippen molar-refractivity contribution in [1.82, 2.24) is 4.98 Å². The van der Waals surface area contributed by atoms with Gasteiger partial charge in [0.15, 0.2) is 0 Å². The number of hydrogen-bond acceptors (Lipinski definition) is 3. The lowest BCUT2D eigenvalue weighted by Crippen LogP contribution is -2.20. The van der Waals surface area contributed by atoms with E-state index in [0.29, 0.717) is 24.3 Å². The molecule has 0 atom stereocenters. The van der Waals surface area contributed by atoms with Crippen LogP contribution in [0.3, 0.4) is 0 Å². The molecule has 0 unspecified atom stereocenters. The van der Waals surface area contributed by atoms with Crippen molar-refractivity contribution in [1.29, 1.82) is 0 Å². The number of halogens is 2. The number of carbonyl (C=O) groups excluding carboxylic acids is 1. The van der Waals surface area contributed by atoms with Crippen LogP contribution in [-0.2, 0) is 11.2 Å². The summed E-state index contributed by atoms with van der Waals surface area (Å²) in [6, 6.07) is 6.24. The summed E-state index contributed by atoms with van der Waals surface area (Å²) in [5, 5.41) is 5.96. The van der Waals surface area contributed by atoms with Crippen molar-refractivity contribution in [3.8, 4) is 0 Å². The zero-order valence-corrected chi connectivity index (χ0v) is 11.2. The van der Waals surface area contributed by atoms with Gasteiger partial charge in [-0.25, -0.2) is 9.37 Å². The molecule has 0 spiro atoms. The van der Waals surface area contributed by atoms with Crippen molar-refractivity contribution >= 4 is 34.7 Å². The fourth-order valence-corrected chi connectivity index (χ4v) is 2.31. The van der Waals surface area contributed by atoms with Crippen LogP contribution in [0.2, 0.25) is 5.02 Å². The molecule has 1 aromatic carbocycles. The lowest BCUT2D eigenvalue weighted by molar-refractivity contribution is -0.116. The molecule has 2 aromatic rings. The highest BCUT2D eigenvalue weighted by Gasteiger charge is 2.18. The maximum absolute atomic E-state index is 13.1. The Labute approximate surface area is 120 Å². The van der Waals surface area contributed by atoms with Crippen LogP contribution in [0.4, 0.5) is 21.6 Å². The van der Waals surface area contributed by atoms with Gasteiger partial charge in [-0.3, -0.25) is 4.79 Å². The molecule has 20 heavy (non-hydrogen) atoms. The maximum Gasteiger partial charge on any atom is 0.225 e. The SMILES string of the molecule is O=C1CCc2c(Nc3ccc(F)c(Cl)c3)ccnc2N1. The second-order valence-corrected chi connectivity index (χ2v) is 4.89. The van der Waals surface area contributed by atoms with Gasteiger partial charge in [0.2, 0.25) is 5.91 Å². The Morgan fingerprint density at radius 3 is 2.95 bits per heavy atom. The smallest absolute Gasteiger partial charge is 0.225 e. The van der Waals surface area contributed by atoms with Gasteiger partial charge in [-0.15, -0.1) is 0 Å². The molecular weight excluding hydrogens is 281 g/mol. The second kappa shape index (κ2) is 5.09. The van der Waals surface area contributed by atoms with E-state index >= 15 is 0 Å². The topological polar surface area (TPSA) is 54.0 Å². The third-order valence-electron chi connectivity index (χ3n) is 3.11. The van der Waals surface area contributed by atoms with Crippen molar-refractivity contribution in [2.45, 2.75) is 12.8 Å². The van der Waals surface area contributed by atoms with Gasteiger partial charge in [0.1, 0.15) is 11.6 Å². The van der Waals surface area contributed by atoms with E-state index < -0.39 is 5.82 Å². The fraction of sp³-hybridized carbons (Fsp3) is 0.143. The third kappa shape index (κ3) is 2.44. The van der Waals surface area contributed by atoms with Crippen LogP contribution in [0.15, 0.2) is 30.5 Å². The van der Waals surface area contributed by atoms with Gasteiger partial charge in [0, 0.05) is 29.6 Å². The van der Waals surface area contributed by atoms with Gasteiger partial charge < -0.3 is 10.6 Å². The molecule has 1 aliphatic rings. The summed E-state index contributed by atoms with van der Waals surface area (Å²) in [5.74, 6) is 0.0765. The van der Waals surface area contributed by atoms with E-state index in [1.165, 1.54) is 12.1 Å². The van der Waals surface area contributed by atoms with Gasteiger partial charge >= 0.3 is 0 Å². The summed E-state index contributed by atoms with van der Waals surface area (Å²) in [5.41, 5.74) is 2.45. The van der Waals surface area contributed by atoms with E-state index in [1.54, 1.807) is 12.3 Å². The Hall–Kier alpha value is -2.14. The number of nitrogens with zero attached hydrogens (tertiary/aromatic N) is 1. The average Bonchev–Trinajstić information content (AvgIpc) is 2.43. The molecule has 0 saturated carbocycles. The zero-order chi connectivity index (χ0) is 14.1. The molecular formula is C14H11ClFN3O. The summed E-state index contributed by atoms with van der Waals surface area (Å²) in [7, 11) is 0. The van der Waals surface area contributed by atoms with Gasteiger partial charge in [-0.2, -0.15) is 0 Å². The molecule has 0 fully saturated rings. The van der Waals surface area contributed by atoms with E-state index in [0.717, 1.165) is 11.3 Å². The molecule has 0 bridgehead atoms. The number of hydrogen-bond donors (Lipinski definition) is 2. The predicted octanol–water partition coefficient (Wildman–Crippen LogP) is 3.50. The van der Waals surface area contributed by atoms with Crippen LogP contribution in [0, 0.1) is 5.82 Å². The molecule has 1 aromatic heterocycles. The molecule has 1 amide bonds. The first kappa shape index (κ1) is 12.9. The molecule has 2 N–H and O–H groups in total. The Balaban J connectivity index is 1.93. The highest BCUT2D eigenvalue weighted by atomic mass is 35.5. The predicted molar refractivity (Wildman–Crippen MR) is 75.9 cm³/mol. The molecule has 3 rings (SSSR count). The van der Waals surface area contributed by atoms with Crippen molar-refractivity contribution in [3.05, 3.63) is 46.9 Å². The Morgan fingerprint density at radius 1 is 1.30 bits per heavy atom. The number of benzene rings is 1. The largest absolute Gasteiger partial charge is 0.355 e. The highest BCUT2D eigenvalue weighted by Crippen LogP contribution is 2.30. The van der Waals surface area contributed by atoms with Gasteiger partial charge in [-0.05, 0) is 30.7 Å². The number of carbonyl (C=O) groups is 1. The number of amides is 1. The maximum atomic E-state index is 13.1. The first-order valence-electron chi connectivity index (χ1n) is 6.13. The van der Waals surface area contributed by atoms with Crippen molar-refractivity contribution in [2.24, 2.45) is 0 Å². The van der Waals surface area contributed by atoms with E-state index in [1.807, 2.05) is 6.07 Å². The standard InChI is InChI=1S/C14H11ClFN3O/c15-10-7-8(1-3-11(10)16)18-12-5-6-17-14-9(12)2-4-13(20)19-14/h1,3,5-7H,2,4H2,(H2,17,18,19,20). The first-order chi connectivity index (χ1) is 9.63. The Morgan fingerprint density at radius 2 is 2.15 bits per heavy atom. The first-order valence-corrected chi connectivity index (χ1v) is 6.51. The molecule has 0 radical (unpaired) electrons. The summed E-state index contributed by atoms with van der Waals surface area (Å²) in [6.07, 6.45) is 2.65. The second-order valence-electron chi connectivity index (χ2n) is 4.49. The van der Waals surface area contributed by atoms with E-state index in [-0.39, 0.29) is 10.9 Å². The Kier molecular flexibility index (Phi) is 3.28. The van der Waals surface area contributed by atoms with Gasteiger partial charge in [-0.1, -0.05) is 11.6 Å². The molecule has 4 nitrogen and oxygen atoms in total. The number of aromatic nitrogens is 1. The summed E-state index contributed by atoms with van der Waals surface area (Å²) in [4.78, 5) is 15.5.